The van der Waals surface area contributed by atoms with E-state index in [0.29, 0.717) is 0 Å². The van der Waals surface area contributed by atoms with E-state index in [0.717, 1.165) is 25.1 Å². The molecule has 1 atom stereocenters. The number of hydrogen-bond donors (Lipinski definition) is 0. The molecular formula is C11H11NO. The van der Waals surface area contributed by atoms with E-state index in [4.69, 9.17) is 4.74 Å². The summed E-state index contributed by atoms with van der Waals surface area (Å²) in [7, 11) is 0. The molecule has 2 rings (SSSR count). The van der Waals surface area contributed by atoms with E-state index in [1.807, 2.05) is 18.2 Å². The largest absolute Gasteiger partial charge is 0.366 e. The highest BCUT2D eigenvalue weighted by Gasteiger charge is 2.11. The van der Waals surface area contributed by atoms with Crippen molar-refractivity contribution in [2.24, 2.45) is 0 Å². The second-order valence-electron chi connectivity index (χ2n) is 2.99. The maximum atomic E-state index is 5.37. The Morgan fingerprint density at radius 3 is 3.15 bits per heavy atom. The van der Waals surface area contributed by atoms with Crippen molar-refractivity contribution in [2.45, 2.75) is 18.9 Å². The van der Waals surface area contributed by atoms with Crippen molar-refractivity contribution in [3.8, 4) is 11.8 Å². The molecule has 0 N–H and O–H groups in total. The van der Waals surface area contributed by atoms with Gasteiger partial charge in [0, 0.05) is 12.8 Å². The van der Waals surface area contributed by atoms with Crippen LogP contribution in [0.1, 0.15) is 18.5 Å². The molecule has 2 nitrogen and oxygen atoms in total. The average molecular weight is 173 g/mol. The Morgan fingerprint density at radius 2 is 2.46 bits per heavy atom. The summed E-state index contributed by atoms with van der Waals surface area (Å²) >= 11 is 0. The van der Waals surface area contributed by atoms with Crippen LogP contribution in [0.3, 0.4) is 0 Å². The second-order valence-corrected chi connectivity index (χ2v) is 2.99. The molecule has 2 heterocycles. The van der Waals surface area contributed by atoms with Gasteiger partial charge in [0.1, 0.15) is 11.8 Å². The lowest BCUT2D eigenvalue weighted by atomic mass is 10.2. The van der Waals surface area contributed by atoms with Crippen LogP contribution in [0.15, 0.2) is 24.4 Å². The van der Waals surface area contributed by atoms with Gasteiger partial charge in [-0.05, 0) is 30.9 Å². The SMILES string of the molecule is C(#CC1CCCO1)c1ccccn1. The number of aromatic nitrogens is 1. The number of hydrogen-bond acceptors (Lipinski definition) is 2. The first kappa shape index (κ1) is 8.28. The van der Waals surface area contributed by atoms with Gasteiger partial charge in [-0.2, -0.15) is 0 Å². The highest BCUT2D eigenvalue weighted by molar-refractivity contribution is 5.28. The maximum absolute atomic E-state index is 5.37. The van der Waals surface area contributed by atoms with Gasteiger partial charge in [-0.25, -0.2) is 4.98 Å². The molecular weight excluding hydrogens is 162 g/mol. The molecule has 0 bridgehead atoms. The van der Waals surface area contributed by atoms with Crippen LogP contribution < -0.4 is 0 Å². The fraction of sp³-hybridized carbons (Fsp3) is 0.364. The van der Waals surface area contributed by atoms with Gasteiger partial charge in [0.05, 0.1) is 0 Å². The first-order valence-corrected chi connectivity index (χ1v) is 4.49. The van der Waals surface area contributed by atoms with E-state index in [-0.39, 0.29) is 6.10 Å². The molecule has 2 heteroatoms. The number of pyridine rings is 1. The second kappa shape index (κ2) is 4.06. The zero-order valence-corrected chi connectivity index (χ0v) is 7.36. The molecule has 0 aromatic carbocycles. The minimum absolute atomic E-state index is 0.127. The third kappa shape index (κ3) is 2.30. The third-order valence-corrected chi connectivity index (χ3v) is 1.96. The summed E-state index contributed by atoms with van der Waals surface area (Å²) in [5.41, 5.74) is 0.818. The molecule has 1 aliphatic heterocycles. The number of ether oxygens (including phenoxy) is 1. The monoisotopic (exact) mass is 173 g/mol. The predicted octanol–water partition coefficient (Wildman–Crippen LogP) is 1.61. The van der Waals surface area contributed by atoms with Crippen molar-refractivity contribution in [1.82, 2.24) is 4.98 Å². The van der Waals surface area contributed by atoms with Gasteiger partial charge in [-0.15, -0.1) is 0 Å². The van der Waals surface area contributed by atoms with Crippen LogP contribution in [0, 0.1) is 11.8 Å². The molecule has 0 spiro atoms. The van der Waals surface area contributed by atoms with E-state index in [1.165, 1.54) is 0 Å². The lowest BCUT2D eigenvalue weighted by molar-refractivity contribution is 0.152. The van der Waals surface area contributed by atoms with E-state index in [9.17, 15) is 0 Å². The van der Waals surface area contributed by atoms with Gasteiger partial charge in [0.25, 0.3) is 0 Å². The molecule has 66 valence electrons. The van der Waals surface area contributed by atoms with Gasteiger partial charge < -0.3 is 4.74 Å². The van der Waals surface area contributed by atoms with Crippen LogP contribution in [-0.4, -0.2) is 17.7 Å². The zero-order chi connectivity index (χ0) is 8.93. The summed E-state index contributed by atoms with van der Waals surface area (Å²) in [6.07, 6.45) is 4.06. The molecule has 13 heavy (non-hydrogen) atoms. The normalized spacial score (nSPS) is 20.8. The van der Waals surface area contributed by atoms with Crippen molar-refractivity contribution in [3.05, 3.63) is 30.1 Å². The van der Waals surface area contributed by atoms with E-state index in [1.54, 1.807) is 6.20 Å². The van der Waals surface area contributed by atoms with Crippen LogP contribution in [0.25, 0.3) is 0 Å². The van der Waals surface area contributed by atoms with Gasteiger partial charge in [-0.1, -0.05) is 12.0 Å². The Balaban J connectivity index is 2.03. The summed E-state index contributed by atoms with van der Waals surface area (Å²) in [4.78, 5) is 4.11. The molecule has 0 radical (unpaired) electrons. The summed E-state index contributed by atoms with van der Waals surface area (Å²) in [5.74, 6) is 6.06. The zero-order valence-electron chi connectivity index (χ0n) is 7.36. The molecule has 1 unspecified atom stereocenters. The summed E-state index contributed by atoms with van der Waals surface area (Å²) in [6.45, 7) is 0.849. The minimum Gasteiger partial charge on any atom is -0.366 e. The van der Waals surface area contributed by atoms with Crippen molar-refractivity contribution in [3.63, 3.8) is 0 Å². The smallest absolute Gasteiger partial charge is 0.118 e. The minimum atomic E-state index is 0.127. The Bertz CT molecular complexity index is 317. The first-order chi connectivity index (χ1) is 6.45. The van der Waals surface area contributed by atoms with E-state index >= 15 is 0 Å². The van der Waals surface area contributed by atoms with Crippen LogP contribution in [0.5, 0.6) is 0 Å². The van der Waals surface area contributed by atoms with E-state index < -0.39 is 0 Å². The fourth-order valence-electron chi connectivity index (χ4n) is 1.28. The summed E-state index contributed by atoms with van der Waals surface area (Å²) in [6, 6.07) is 5.73. The first-order valence-electron chi connectivity index (χ1n) is 4.49. The molecule has 0 saturated carbocycles. The van der Waals surface area contributed by atoms with Gasteiger partial charge in [0.15, 0.2) is 0 Å². The molecule has 1 aromatic heterocycles. The molecule has 1 aromatic rings. The molecule has 1 fully saturated rings. The van der Waals surface area contributed by atoms with Gasteiger partial charge in [-0.3, -0.25) is 0 Å². The lowest BCUT2D eigenvalue weighted by Crippen LogP contribution is -1.99. The number of nitrogens with zero attached hydrogens (tertiary/aromatic N) is 1. The lowest BCUT2D eigenvalue weighted by Gasteiger charge is -1.96. The molecule has 1 aliphatic rings. The highest BCUT2D eigenvalue weighted by Crippen LogP contribution is 2.10. The Kier molecular flexibility index (Phi) is 2.59. The molecule has 1 saturated heterocycles. The van der Waals surface area contributed by atoms with Crippen molar-refractivity contribution < 1.29 is 4.74 Å². The van der Waals surface area contributed by atoms with Crippen molar-refractivity contribution in [2.75, 3.05) is 6.61 Å². The predicted molar refractivity (Wildman–Crippen MR) is 50.1 cm³/mol. The number of rotatable bonds is 0. The Labute approximate surface area is 77.9 Å². The van der Waals surface area contributed by atoms with Gasteiger partial charge in [0.2, 0.25) is 0 Å². The molecule has 0 amide bonds. The third-order valence-electron chi connectivity index (χ3n) is 1.96. The average Bonchev–Trinajstić information content (AvgIpc) is 2.69. The summed E-state index contributed by atoms with van der Waals surface area (Å²) < 4.78 is 5.37. The van der Waals surface area contributed by atoms with Crippen LogP contribution in [-0.2, 0) is 4.74 Å². The van der Waals surface area contributed by atoms with Crippen molar-refractivity contribution >= 4 is 0 Å². The topological polar surface area (TPSA) is 22.1 Å². The Hall–Kier alpha value is -1.33. The van der Waals surface area contributed by atoms with Crippen LogP contribution in [0.4, 0.5) is 0 Å². The van der Waals surface area contributed by atoms with Crippen molar-refractivity contribution in [1.29, 1.82) is 0 Å². The standard InChI is InChI=1S/C11H11NO/c1-2-8-12-10(4-1)6-7-11-5-3-9-13-11/h1-2,4,8,11H,3,5,9H2. The van der Waals surface area contributed by atoms with E-state index in [2.05, 4.69) is 16.8 Å². The summed E-state index contributed by atoms with van der Waals surface area (Å²) in [5, 5.41) is 0. The van der Waals surface area contributed by atoms with Crippen LogP contribution in [0.2, 0.25) is 0 Å². The Morgan fingerprint density at radius 1 is 1.46 bits per heavy atom. The quantitative estimate of drug-likeness (QED) is 0.556. The molecule has 0 aliphatic carbocycles. The fourth-order valence-corrected chi connectivity index (χ4v) is 1.28. The van der Waals surface area contributed by atoms with Gasteiger partial charge >= 0.3 is 0 Å². The highest BCUT2D eigenvalue weighted by atomic mass is 16.5. The maximum Gasteiger partial charge on any atom is 0.118 e. The van der Waals surface area contributed by atoms with Crippen LogP contribution >= 0.6 is 0 Å².